The predicted octanol–water partition coefficient (Wildman–Crippen LogP) is 2.68. The van der Waals surface area contributed by atoms with Gasteiger partial charge in [0.15, 0.2) is 5.69 Å². The molecule has 0 spiro atoms. The minimum atomic E-state index is -4.49. The number of rotatable bonds is 7. The number of aromatic nitrogens is 4. The van der Waals surface area contributed by atoms with Crippen LogP contribution in [0.3, 0.4) is 0 Å². The van der Waals surface area contributed by atoms with E-state index in [4.69, 9.17) is 9.63 Å². The van der Waals surface area contributed by atoms with E-state index in [9.17, 15) is 18.0 Å². The molecule has 11 heteroatoms. The summed E-state index contributed by atoms with van der Waals surface area (Å²) in [5.41, 5.74) is 1.17. The summed E-state index contributed by atoms with van der Waals surface area (Å²) in [7, 11) is 0. The van der Waals surface area contributed by atoms with Crippen molar-refractivity contribution in [2.75, 3.05) is 0 Å². The van der Waals surface area contributed by atoms with Gasteiger partial charge in [0.05, 0.1) is 12.1 Å². The van der Waals surface area contributed by atoms with E-state index < -0.39 is 17.7 Å². The maximum Gasteiger partial charge on any atom is 1.00 e. The first-order valence-corrected chi connectivity index (χ1v) is 10.5. The summed E-state index contributed by atoms with van der Waals surface area (Å²) in [5.74, 6) is -0.775. The smallest absolute Gasteiger partial charge is 1.00 e. The Kier molecular flexibility index (Phi) is 8.19. The maximum absolute atomic E-state index is 13.6. The van der Waals surface area contributed by atoms with Crippen LogP contribution in [0, 0.1) is 5.92 Å². The molecule has 2 aromatic heterocycles. The molecule has 1 N–H and O–H groups in total. The van der Waals surface area contributed by atoms with Crippen molar-refractivity contribution in [1.82, 2.24) is 19.9 Å². The third kappa shape index (κ3) is 6.39. The fraction of sp³-hybridized carbons (Fsp3) is 0.250. The number of carboxylic acids is 1. The summed E-state index contributed by atoms with van der Waals surface area (Å²) in [5, 5.41) is 16.8. The number of nitrogens with zero attached hydrogens (tertiary/aromatic N) is 4. The van der Waals surface area contributed by atoms with E-state index in [0.29, 0.717) is 18.5 Å². The van der Waals surface area contributed by atoms with E-state index in [2.05, 4.69) is 15.2 Å². The number of aromatic carboxylic acids is 1. The quantitative estimate of drug-likeness (QED) is 0.397. The number of hydrogen-bond acceptors (Lipinski definition) is 5. The summed E-state index contributed by atoms with van der Waals surface area (Å²) in [6.45, 7) is 4.10. The Labute approximate surface area is 222 Å². The largest absolute Gasteiger partial charge is 1.00 e. The normalized spacial score (nSPS) is 11.5. The van der Waals surface area contributed by atoms with E-state index in [0.717, 1.165) is 11.6 Å². The maximum atomic E-state index is 13.6. The van der Waals surface area contributed by atoms with Gasteiger partial charge in [-0.2, -0.15) is 23.3 Å². The number of hydrogen-bond donors (Lipinski definition) is 1. The molecule has 2 heterocycles. The van der Waals surface area contributed by atoms with Gasteiger partial charge in [0.25, 0.3) is 5.89 Å². The van der Waals surface area contributed by atoms with Crippen LogP contribution >= 0.6 is 0 Å². The Bertz CT molecular complexity index is 1320. The van der Waals surface area contributed by atoms with Crippen LogP contribution in [-0.2, 0) is 19.1 Å². The average Bonchev–Trinajstić information content (AvgIpc) is 3.44. The Morgan fingerprint density at radius 1 is 1.11 bits per heavy atom. The summed E-state index contributed by atoms with van der Waals surface area (Å²) >= 11 is 0. The molecular weight excluding hydrogens is 472 g/mol. The van der Waals surface area contributed by atoms with Crippen molar-refractivity contribution in [2.24, 2.45) is 5.92 Å². The van der Waals surface area contributed by atoms with Gasteiger partial charge in [0.2, 0.25) is 5.82 Å². The van der Waals surface area contributed by atoms with E-state index in [-0.39, 0.29) is 65.4 Å². The van der Waals surface area contributed by atoms with E-state index in [1.54, 1.807) is 36.5 Å². The van der Waals surface area contributed by atoms with Gasteiger partial charge in [-0.3, -0.25) is 4.68 Å². The molecule has 7 nitrogen and oxygen atoms in total. The number of carboxylic acid groups (broad SMARTS) is 1. The van der Waals surface area contributed by atoms with Crippen molar-refractivity contribution in [3.8, 4) is 22.8 Å². The van der Waals surface area contributed by atoms with Gasteiger partial charge in [-0.1, -0.05) is 49.3 Å². The van der Waals surface area contributed by atoms with Crippen molar-refractivity contribution in [2.45, 2.75) is 33.0 Å². The molecule has 0 fully saturated rings. The van der Waals surface area contributed by atoms with Gasteiger partial charge in [-0.25, -0.2) is 4.79 Å². The van der Waals surface area contributed by atoms with Crippen LogP contribution in [0.15, 0.2) is 59.3 Å². The number of carbonyl (C=O) groups is 1. The fourth-order valence-electron chi connectivity index (χ4n) is 3.56. The molecular formula is C24H22F3N4NaO3. The number of alkyl halides is 3. The molecule has 0 aliphatic rings. The summed E-state index contributed by atoms with van der Waals surface area (Å²) < 4.78 is 47.5. The third-order valence-electron chi connectivity index (χ3n) is 5.13. The number of benzene rings is 2. The Morgan fingerprint density at radius 2 is 1.80 bits per heavy atom. The van der Waals surface area contributed by atoms with Crippen molar-refractivity contribution >= 4 is 5.97 Å². The van der Waals surface area contributed by atoms with Crippen LogP contribution < -0.4 is 29.6 Å². The van der Waals surface area contributed by atoms with Crippen LogP contribution in [0.2, 0.25) is 0 Å². The zero-order valence-corrected chi connectivity index (χ0v) is 21.4. The first kappa shape index (κ1) is 26.7. The van der Waals surface area contributed by atoms with Crippen LogP contribution in [0.25, 0.3) is 22.8 Å². The molecule has 0 unspecified atom stereocenters. The molecule has 0 amide bonds. The molecule has 0 radical (unpaired) electrons. The van der Waals surface area contributed by atoms with Gasteiger partial charge < -0.3 is 11.1 Å². The SMILES string of the molecule is CC(C)Cc1ccc(-c2nc(-c3ccc(Cn4ccc(C(=O)O)n4)cc3)no2)cc1C(F)(F)F.[H-].[Na+]. The van der Waals surface area contributed by atoms with Gasteiger partial charge in [0, 0.05) is 17.3 Å². The van der Waals surface area contributed by atoms with Crippen LogP contribution in [-0.4, -0.2) is 31.0 Å². The Hall–Kier alpha value is -2.95. The monoisotopic (exact) mass is 494 g/mol. The molecule has 0 bridgehead atoms. The average molecular weight is 494 g/mol. The van der Waals surface area contributed by atoms with Crippen molar-refractivity contribution in [1.29, 1.82) is 0 Å². The van der Waals surface area contributed by atoms with E-state index >= 15 is 0 Å². The first-order valence-electron chi connectivity index (χ1n) is 10.5. The molecule has 2 aromatic carbocycles. The van der Waals surface area contributed by atoms with Crippen molar-refractivity contribution in [3.05, 3.63) is 77.1 Å². The Balaban J connectivity index is 0.00000228. The van der Waals surface area contributed by atoms with E-state index in [1.807, 2.05) is 13.8 Å². The Morgan fingerprint density at radius 3 is 2.40 bits per heavy atom. The fourth-order valence-corrected chi connectivity index (χ4v) is 3.56. The van der Waals surface area contributed by atoms with Gasteiger partial charge in [-0.05, 0) is 41.7 Å². The molecule has 0 saturated carbocycles. The first-order chi connectivity index (χ1) is 16.1. The molecule has 35 heavy (non-hydrogen) atoms. The standard InChI is InChI=1S/C24H21F3N4O3.Na.H/c1-14(2)11-17-7-8-18(12-19(17)24(25,26)27)22-28-21(30-34-22)16-5-3-15(4-6-16)13-31-10-9-20(29-31)23(32)33;;/h3-10,12,14H,11,13H2,1-2H3,(H,32,33);;/q;+1;-1. The zero-order chi connectivity index (χ0) is 24.5. The van der Waals surface area contributed by atoms with Crippen LogP contribution in [0.5, 0.6) is 0 Å². The second kappa shape index (κ2) is 10.8. The third-order valence-corrected chi connectivity index (χ3v) is 5.13. The van der Waals surface area contributed by atoms with E-state index in [1.165, 1.54) is 16.8 Å². The molecule has 178 valence electrons. The van der Waals surface area contributed by atoms with Gasteiger partial charge in [-0.15, -0.1) is 0 Å². The van der Waals surface area contributed by atoms with Crippen LogP contribution in [0.1, 0.15) is 42.5 Å². The summed E-state index contributed by atoms with van der Waals surface area (Å²) in [6.07, 6.45) is -2.60. The van der Waals surface area contributed by atoms with Gasteiger partial charge in [0.1, 0.15) is 0 Å². The van der Waals surface area contributed by atoms with Crippen molar-refractivity contribution < 1.29 is 58.6 Å². The predicted molar refractivity (Wildman–Crippen MR) is 118 cm³/mol. The second-order valence-electron chi connectivity index (χ2n) is 8.29. The topological polar surface area (TPSA) is 94.0 Å². The molecule has 4 rings (SSSR count). The zero-order valence-electron chi connectivity index (χ0n) is 20.4. The minimum absolute atomic E-state index is 0. The molecule has 4 aromatic rings. The number of halogens is 3. The molecule has 0 saturated heterocycles. The minimum Gasteiger partial charge on any atom is -1.00 e. The van der Waals surface area contributed by atoms with Crippen molar-refractivity contribution in [3.63, 3.8) is 0 Å². The molecule has 0 aliphatic carbocycles. The van der Waals surface area contributed by atoms with Gasteiger partial charge >= 0.3 is 41.7 Å². The second-order valence-corrected chi connectivity index (χ2v) is 8.29. The van der Waals surface area contributed by atoms with Crippen LogP contribution in [0.4, 0.5) is 13.2 Å². The molecule has 0 atom stereocenters. The summed E-state index contributed by atoms with van der Waals surface area (Å²) in [6, 6.07) is 12.6. The summed E-state index contributed by atoms with van der Waals surface area (Å²) in [4.78, 5) is 15.2. The molecule has 0 aliphatic heterocycles.